The highest BCUT2D eigenvalue weighted by atomic mass is 32.2. The molecule has 1 atom stereocenters. The minimum atomic E-state index is -4.25. The lowest BCUT2D eigenvalue weighted by Gasteiger charge is -2.28. The van der Waals surface area contributed by atoms with Crippen LogP contribution in [0.5, 0.6) is 0 Å². The van der Waals surface area contributed by atoms with E-state index in [1.165, 1.54) is 50.5 Å². The molecule has 0 radical (unpaired) electrons. The van der Waals surface area contributed by atoms with Crippen LogP contribution in [0.3, 0.4) is 0 Å². The fourth-order valence-corrected chi connectivity index (χ4v) is 8.03. The first-order valence-electron chi connectivity index (χ1n) is 12.5. The summed E-state index contributed by atoms with van der Waals surface area (Å²) >= 11 is 0.604. The lowest BCUT2D eigenvalue weighted by Crippen LogP contribution is -2.41. The number of carbonyl (C=O) groups is 2. The number of non-ortho nitro benzene ring substituents is 1. The number of rotatable bonds is 10. The minimum Gasteiger partial charge on any atom is -0.281 e. The number of nitrogens with one attached hydrogen (secondary N) is 3. The largest absolute Gasteiger partial charge is 0.331 e. The summed E-state index contributed by atoms with van der Waals surface area (Å²) in [7, 11) is -7.08. The highest BCUT2D eigenvalue weighted by Crippen LogP contribution is 2.42. The molecule has 1 heterocycles. The molecule has 0 aliphatic carbocycles. The summed E-state index contributed by atoms with van der Waals surface area (Å²) in [5.74, 6) is -1.39. The molecule has 0 bridgehead atoms. The first-order chi connectivity index (χ1) is 20.2. The molecular formula is C27H27N5O8S3. The second-order valence-corrected chi connectivity index (χ2v) is 14.7. The molecule has 0 aliphatic rings. The molecule has 1 aromatic heterocycles. The van der Waals surface area contributed by atoms with Gasteiger partial charge in [0.15, 0.2) is 0 Å². The highest BCUT2D eigenvalue weighted by Gasteiger charge is 2.38. The number of carbonyl (C=O) groups excluding carboxylic acids is 2. The number of aromatic nitrogens is 1. The number of hydrogen-bond donors (Lipinski definition) is 3. The Morgan fingerprint density at radius 3 is 2.26 bits per heavy atom. The van der Waals surface area contributed by atoms with Crippen LogP contribution in [0, 0.1) is 17.0 Å². The smallest absolute Gasteiger partial charge is 0.281 e. The van der Waals surface area contributed by atoms with Gasteiger partial charge >= 0.3 is 6.03 Å². The highest BCUT2D eigenvalue weighted by molar-refractivity contribution is 8.00. The van der Waals surface area contributed by atoms with E-state index in [0.717, 1.165) is 21.7 Å². The number of aryl methyl sites for hydroxylation is 1. The number of benzene rings is 3. The van der Waals surface area contributed by atoms with E-state index in [-0.39, 0.29) is 32.6 Å². The molecule has 0 fully saturated rings. The number of urea groups is 1. The molecular weight excluding hydrogens is 619 g/mol. The summed E-state index contributed by atoms with van der Waals surface area (Å²) in [5.41, 5.74) is 0.796. The van der Waals surface area contributed by atoms with Gasteiger partial charge < -0.3 is 0 Å². The van der Waals surface area contributed by atoms with Crippen LogP contribution < -0.4 is 14.8 Å². The summed E-state index contributed by atoms with van der Waals surface area (Å²) in [6.07, 6.45) is 1.19. The van der Waals surface area contributed by atoms with Gasteiger partial charge in [-0.15, -0.1) is 0 Å². The number of sulfonamides is 1. The van der Waals surface area contributed by atoms with E-state index in [2.05, 4.69) is 14.8 Å². The second-order valence-electron chi connectivity index (χ2n) is 9.66. The molecule has 226 valence electrons. The molecule has 0 unspecified atom stereocenters. The van der Waals surface area contributed by atoms with Gasteiger partial charge in [-0.05, 0) is 68.7 Å². The number of amides is 3. The van der Waals surface area contributed by atoms with E-state index in [1.54, 1.807) is 37.3 Å². The van der Waals surface area contributed by atoms with Crippen molar-refractivity contribution in [3.8, 4) is 0 Å². The maximum Gasteiger partial charge on any atom is 0.331 e. The third-order valence-electron chi connectivity index (χ3n) is 6.52. The monoisotopic (exact) mass is 645 g/mol. The molecule has 43 heavy (non-hydrogen) atoms. The average molecular weight is 646 g/mol. The molecule has 16 heteroatoms. The van der Waals surface area contributed by atoms with Crippen molar-refractivity contribution in [2.45, 2.75) is 23.5 Å². The topological polar surface area (TPSA) is 187 Å². The van der Waals surface area contributed by atoms with Gasteiger partial charge in [-0.25, -0.2) is 30.3 Å². The van der Waals surface area contributed by atoms with Crippen molar-refractivity contribution < 1.29 is 31.3 Å². The summed E-state index contributed by atoms with van der Waals surface area (Å²) in [6, 6.07) is 16.6. The summed E-state index contributed by atoms with van der Waals surface area (Å²) in [4.78, 5) is 36.1. The van der Waals surface area contributed by atoms with E-state index in [4.69, 9.17) is 0 Å². The van der Waals surface area contributed by atoms with E-state index in [9.17, 15) is 36.5 Å². The predicted octanol–water partition coefficient (Wildman–Crippen LogP) is 3.65. The molecule has 0 saturated heterocycles. The summed E-state index contributed by atoms with van der Waals surface area (Å²) < 4.78 is 57.1. The van der Waals surface area contributed by atoms with Crippen molar-refractivity contribution in [3.63, 3.8) is 0 Å². The molecule has 0 aliphatic heterocycles. The van der Waals surface area contributed by atoms with E-state index >= 15 is 0 Å². The normalized spacial score (nSPS) is 13.3. The third kappa shape index (κ3) is 6.88. The van der Waals surface area contributed by atoms with Crippen molar-refractivity contribution in [2.24, 2.45) is 0 Å². The molecule has 3 N–H and O–H groups in total. The van der Waals surface area contributed by atoms with Gasteiger partial charge in [-0.3, -0.25) is 24.9 Å². The minimum absolute atomic E-state index is 0.0542. The Morgan fingerprint density at radius 1 is 1.00 bits per heavy atom. The maximum atomic E-state index is 13.8. The van der Waals surface area contributed by atoms with Crippen LogP contribution in [0.25, 0.3) is 10.9 Å². The molecule has 4 aromatic rings. The van der Waals surface area contributed by atoms with Crippen molar-refractivity contribution in [1.82, 2.24) is 18.7 Å². The van der Waals surface area contributed by atoms with Crippen LogP contribution in [0.2, 0.25) is 0 Å². The molecule has 13 nitrogen and oxygen atoms in total. The van der Waals surface area contributed by atoms with Crippen molar-refractivity contribution >= 4 is 60.5 Å². The van der Waals surface area contributed by atoms with Crippen LogP contribution in [0.15, 0.2) is 83.9 Å². The SMILES string of the molecule is CNS(=O)(=O)C[C@](C)(SNC(=O)NC(=O)c1ccccc1)c1cn(S(=O)(=O)c2ccc(C)cc2)c2ccc([N+](=O)[O-])cc12. The standard InChI is InChI=1S/C27H27N5O8S3/c1-18-9-12-21(13-10-18)43(39,40)31-16-23(22-15-20(32(35)36)11-14-24(22)31)27(2,17-42(37,38)28-3)41-30-26(34)29-25(33)19-7-5-4-6-8-19/h4-16,28H,17H2,1-3H3,(H2,29,30,33,34)/t27-/m0/s1. The lowest BCUT2D eigenvalue weighted by molar-refractivity contribution is -0.384. The Morgan fingerprint density at radius 2 is 1.65 bits per heavy atom. The van der Waals surface area contributed by atoms with Crippen molar-refractivity contribution in [1.29, 1.82) is 0 Å². The molecule has 0 spiro atoms. The quantitative estimate of drug-likeness (QED) is 0.131. The Kier molecular flexibility index (Phi) is 8.96. The van der Waals surface area contributed by atoms with E-state index < -0.39 is 47.4 Å². The van der Waals surface area contributed by atoms with Crippen LogP contribution >= 0.6 is 11.9 Å². The van der Waals surface area contributed by atoms with Gasteiger partial charge in [0, 0.05) is 29.3 Å². The van der Waals surface area contributed by atoms with Gasteiger partial charge in [-0.1, -0.05) is 35.9 Å². The number of fused-ring (bicyclic) bond motifs is 1. The lowest BCUT2D eigenvalue weighted by atomic mass is 10.0. The van der Waals surface area contributed by atoms with Gasteiger partial charge in [0.1, 0.15) is 0 Å². The number of nitrogens with zero attached hydrogens (tertiary/aromatic N) is 2. The van der Waals surface area contributed by atoms with E-state index in [0.29, 0.717) is 11.9 Å². The second kappa shape index (κ2) is 12.2. The van der Waals surface area contributed by atoms with Gasteiger partial charge in [0.05, 0.1) is 25.8 Å². The Hall–Kier alpha value is -4.25. The van der Waals surface area contributed by atoms with E-state index in [1.807, 2.05) is 0 Å². The van der Waals surface area contributed by atoms with Gasteiger partial charge in [-0.2, -0.15) is 0 Å². The molecule has 3 amide bonds. The number of nitro groups is 1. The number of imide groups is 1. The van der Waals surface area contributed by atoms with Gasteiger partial charge in [0.25, 0.3) is 21.6 Å². The molecule has 4 rings (SSSR count). The Balaban J connectivity index is 1.83. The zero-order valence-electron chi connectivity index (χ0n) is 23.1. The maximum absolute atomic E-state index is 13.8. The number of hydrogen-bond acceptors (Lipinski definition) is 9. The first kappa shape index (κ1) is 31.7. The molecule has 0 saturated carbocycles. The third-order valence-corrected chi connectivity index (χ3v) is 11.1. The van der Waals surface area contributed by atoms with Crippen LogP contribution in [-0.4, -0.2) is 50.5 Å². The summed E-state index contributed by atoms with van der Waals surface area (Å²) in [6.45, 7) is 3.22. The molecule has 3 aromatic carbocycles. The van der Waals surface area contributed by atoms with Crippen LogP contribution in [0.4, 0.5) is 10.5 Å². The zero-order chi connectivity index (χ0) is 31.6. The Bertz CT molecular complexity index is 1930. The Labute approximate surface area is 252 Å². The average Bonchev–Trinajstić information content (AvgIpc) is 3.37. The van der Waals surface area contributed by atoms with Gasteiger partial charge in [0.2, 0.25) is 10.0 Å². The van der Waals surface area contributed by atoms with Crippen LogP contribution in [-0.2, 0) is 24.8 Å². The van der Waals surface area contributed by atoms with Crippen molar-refractivity contribution in [3.05, 3.63) is 106 Å². The predicted molar refractivity (Wildman–Crippen MR) is 163 cm³/mol. The fourth-order valence-electron chi connectivity index (χ4n) is 4.29. The fraction of sp³-hybridized carbons (Fsp3) is 0.185. The van der Waals surface area contributed by atoms with Crippen molar-refractivity contribution in [2.75, 3.05) is 12.8 Å². The number of nitro benzene ring substituents is 1. The zero-order valence-corrected chi connectivity index (χ0v) is 25.5. The summed E-state index contributed by atoms with van der Waals surface area (Å²) in [5, 5.41) is 13.9. The van der Waals surface area contributed by atoms with Crippen LogP contribution in [0.1, 0.15) is 28.4 Å². The first-order valence-corrected chi connectivity index (χ1v) is 16.5.